The number of aromatic hydroxyl groups is 1. The maximum absolute atomic E-state index is 13.8. The molecule has 3 aromatic rings. The molecule has 0 spiro atoms. The van der Waals surface area contributed by atoms with Crippen LogP contribution in [0.3, 0.4) is 0 Å². The first-order valence-corrected chi connectivity index (χ1v) is 12.5. The SMILES string of the molecule is CC(=O)C[C@@H](C=O)NC(=O)CN1C(=O)[C@@H](NC(=O)c2ccc3cc(O)ccc3c2)CN(C(C)=O)c2ccccc21. The lowest BCUT2D eigenvalue weighted by Crippen LogP contribution is -2.54. The van der Waals surface area contributed by atoms with Crippen LogP contribution in [0.5, 0.6) is 5.75 Å². The van der Waals surface area contributed by atoms with Crippen LogP contribution in [0.1, 0.15) is 30.6 Å². The molecule has 0 fully saturated rings. The molecular formula is C29H28N4O7. The van der Waals surface area contributed by atoms with Crippen molar-refractivity contribution in [1.82, 2.24) is 10.6 Å². The fraction of sp³-hybridized carbons (Fsp3) is 0.241. The summed E-state index contributed by atoms with van der Waals surface area (Å²) >= 11 is 0. The number of phenolic OH excluding ortho intramolecular Hbond substituents is 1. The third-order valence-electron chi connectivity index (χ3n) is 6.48. The number of carbonyl (C=O) groups is 6. The molecule has 40 heavy (non-hydrogen) atoms. The maximum Gasteiger partial charge on any atom is 0.252 e. The van der Waals surface area contributed by atoms with Gasteiger partial charge in [0.25, 0.3) is 11.8 Å². The zero-order chi connectivity index (χ0) is 29.0. The number of phenols is 1. The van der Waals surface area contributed by atoms with Crippen LogP contribution in [0.25, 0.3) is 10.8 Å². The molecule has 1 aliphatic rings. The minimum atomic E-state index is -1.22. The number of ketones is 1. The summed E-state index contributed by atoms with van der Waals surface area (Å²) in [6, 6.07) is 13.8. The molecule has 11 nitrogen and oxygen atoms in total. The van der Waals surface area contributed by atoms with E-state index in [4.69, 9.17) is 0 Å². The molecule has 2 atom stereocenters. The second kappa shape index (κ2) is 11.8. The third-order valence-corrected chi connectivity index (χ3v) is 6.48. The number of nitrogens with zero attached hydrogens (tertiary/aromatic N) is 2. The number of Topliss-reactive ketones (excluding diaryl/α,β-unsaturated/α-hetero) is 1. The van der Waals surface area contributed by atoms with Crippen molar-refractivity contribution in [3.63, 3.8) is 0 Å². The highest BCUT2D eigenvalue weighted by Crippen LogP contribution is 2.33. The fourth-order valence-corrected chi connectivity index (χ4v) is 4.61. The standard InChI is InChI=1S/C29H28N4O7/c1-17(35)11-22(16-34)30-27(38)15-33-26-6-4-3-5-25(26)32(18(2)36)14-24(29(33)40)31-28(39)21-8-7-20-13-23(37)10-9-19(20)12-21/h3-10,12-13,16,22,24,37H,11,14-15H2,1-2H3,(H,30,38)(H,31,39)/t22-,24-/m0/s1. The van der Waals surface area contributed by atoms with Gasteiger partial charge in [0.05, 0.1) is 24.0 Å². The van der Waals surface area contributed by atoms with E-state index in [2.05, 4.69) is 10.6 Å². The Bertz CT molecular complexity index is 1520. The highest BCUT2D eigenvalue weighted by Gasteiger charge is 2.37. The van der Waals surface area contributed by atoms with Gasteiger partial charge < -0.3 is 25.4 Å². The van der Waals surface area contributed by atoms with Crippen molar-refractivity contribution in [2.45, 2.75) is 32.4 Å². The number of amides is 4. The summed E-state index contributed by atoms with van der Waals surface area (Å²) in [6.07, 6.45) is 0.255. The Labute approximate surface area is 229 Å². The summed E-state index contributed by atoms with van der Waals surface area (Å²) in [4.78, 5) is 77.9. The van der Waals surface area contributed by atoms with Gasteiger partial charge in [0, 0.05) is 18.9 Å². The average Bonchev–Trinajstić information content (AvgIpc) is 3.02. The van der Waals surface area contributed by atoms with E-state index in [9.17, 15) is 33.9 Å². The van der Waals surface area contributed by atoms with Crippen LogP contribution in [-0.2, 0) is 24.0 Å². The lowest BCUT2D eigenvalue weighted by Gasteiger charge is -2.25. The molecule has 4 rings (SSSR count). The Kier molecular flexibility index (Phi) is 8.23. The van der Waals surface area contributed by atoms with Crippen LogP contribution < -0.4 is 20.4 Å². The van der Waals surface area contributed by atoms with Crippen molar-refractivity contribution in [2.75, 3.05) is 22.9 Å². The average molecular weight is 545 g/mol. The summed E-state index contributed by atoms with van der Waals surface area (Å²) in [7, 11) is 0. The molecule has 1 heterocycles. The predicted molar refractivity (Wildman–Crippen MR) is 147 cm³/mol. The first kappa shape index (κ1) is 28.0. The van der Waals surface area contributed by atoms with Crippen LogP contribution >= 0.6 is 0 Å². The van der Waals surface area contributed by atoms with Gasteiger partial charge in [-0.05, 0) is 54.1 Å². The van der Waals surface area contributed by atoms with E-state index in [0.29, 0.717) is 17.4 Å². The minimum absolute atomic E-state index is 0.0857. The summed E-state index contributed by atoms with van der Waals surface area (Å²) in [5.41, 5.74) is 0.896. The van der Waals surface area contributed by atoms with Crippen LogP contribution in [-0.4, -0.2) is 66.0 Å². The highest BCUT2D eigenvalue weighted by atomic mass is 16.3. The lowest BCUT2D eigenvalue weighted by atomic mass is 10.1. The van der Waals surface area contributed by atoms with Crippen LogP contribution in [0.2, 0.25) is 0 Å². The number of nitrogens with one attached hydrogen (secondary N) is 2. The highest BCUT2D eigenvalue weighted by molar-refractivity contribution is 6.11. The summed E-state index contributed by atoms with van der Waals surface area (Å²) in [6.45, 7) is 1.92. The number of anilines is 2. The maximum atomic E-state index is 13.8. The number of hydrogen-bond acceptors (Lipinski definition) is 7. The van der Waals surface area contributed by atoms with E-state index in [1.807, 2.05) is 0 Å². The Balaban J connectivity index is 1.64. The Hall–Kier alpha value is -5.06. The number of benzene rings is 3. The number of rotatable bonds is 8. The Morgan fingerprint density at radius 3 is 2.35 bits per heavy atom. The Morgan fingerprint density at radius 2 is 1.68 bits per heavy atom. The van der Waals surface area contributed by atoms with Crippen molar-refractivity contribution in [3.8, 4) is 5.75 Å². The predicted octanol–water partition coefficient (Wildman–Crippen LogP) is 1.71. The number of carbonyl (C=O) groups excluding carboxylic acids is 6. The molecule has 0 radical (unpaired) electrons. The van der Waals surface area contributed by atoms with Crippen molar-refractivity contribution < 1.29 is 33.9 Å². The largest absolute Gasteiger partial charge is 0.508 e. The topological polar surface area (TPSA) is 153 Å². The van der Waals surface area contributed by atoms with E-state index < -0.39 is 36.3 Å². The molecule has 1 aliphatic heterocycles. The molecule has 0 aromatic heterocycles. The third kappa shape index (κ3) is 6.15. The zero-order valence-corrected chi connectivity index (χ0v) is 21.9. The van der Waals surface area contributed by atoms with E-state index >= 15 is 0 Å². The van der Waals surface area contributed by atoms with Crippen LogP contribution in [0.15, 0.2) is 60.7 Å². The molecule has 206 valence electrons. The van der Waals surface area contributed by atoms with E-state index in [1.165, 1.54) is 24.8 Å². The molecule has 11 heteroatoms. The van der Waals surface area contributed by atoms with Gasteiger partial charge in [-0.2, -0.15) is 0 Å². The van der Waals surface area contributed by atoms with Gasteiger partial charge in [0.15, 0.2) is 0 Å². The number of hydrogen-bond donors (Lipinski definition) is 3. The number of fused-ring (bicyclic) bond motifs is 2. The van der Waals surface area contributed by atoms with Crippen LogP contribution in [0, 0.1) is 0 Å². The van der Waals surface area contributed by atoms with Crippen molar-refractivity contribution in [2.24, 2.45) is 0 Å². The van der Waals surface area contributed by atoms with E-state index in [1.54, 1.807) is 54.6 Å². The summed E-state index contributed by atoms with van der Waals surface area (Å²) < 4.78 is 0. The molecule has 0 saturated carbocycles. The number of aldehydes is 1. The summed E-state index contributed by atoms with van der Waals surface area (Å²) in [5, 5.41) is 16.3. The summed E-state index contributed by atoms with van der Waals surface area (Å²) in [5.74, 6) is -2.49. The molecule has 4 amide bonds. The molecule has 0 aliphatic carbocycles. The van der Waals surface area contributed by atoms with E-state index in [-0.39, 0.29) is 41.7 Å². The first-order valence-electron chi connectivity index (χ1n) is 12.5. The second-order valence-electron chi connectivity index (χ2n) is 9.53. The lowest BCUT2D eigenvalue weighted by molar-refractivity contribution is -0.127. The van der Waals surface area contributed by atoms with Crippen molar-refractivity contribution >= 4 is 57.8 Å². The fourth-order valence-electron chi connectivity index (χ4n) is 4.61. The molecule has 3 N–H and O–H groups in total. The van der Waals surface area contributed by atoms with Crippen molar-refractivity contribution in [3.05, 3.63) is 66.2 Å². The normalized spacial score (nSPS) is 15.6. The smallest absolute Gasteiger partial charge is 0.252 e. The van der Waals surface area contributed by atoms with E-state index in [0.717, 1.165) is 10.3 Å². The van der Waals surface area contributed by atoms with Gasteiger partial charge in [0.2, 0.25) is 11.8 Å². The molecule has 0 saturated heterocycles. The monoisotopic (exact) mass is 544 g/mol. The van der Waals surface area contributed by atoms with Gasteiger partial charge in [-0.3, -0.25) is 28.9 Å². The van der Waals surface area contributed by atoms with Gasteiger partial charge in [0.1, 0.15) is 30.4 Å². The van der Waals surface area contributed by atoms with Gasteiger partial charge in [-0.15, -0.1) is 0 Å². The molecule has 0 unspecified atom stereocenters. The zero-order valence-electron chi connectivity index (χ0n) is 21.9. The molecule has 0 bridgehead atoms. The van der Waals surface area contributed by atoms with Crippen LogP contribution in [0.4, 0.5) is 11.4 Å². The Morgan fingerprint density at radius 1 is 1.00 bits per heavy atom. The quantitative estimate of drug-likeness (QED) is 0.365. The van der Waals surface area contributed by atoms with Crippen molar-refractivity contribution in [1.29, 1.82) is 0 Å². The second-order valence-corrected chi connectivity index (χ2v) is 9.53. The number of para-hydroxylation sites is 2. The molecule has 3 aromatic carbocycles. The minimum Gasteiger partial charge on any atom is -0.508 e. The first-order chi connectivity index (χ1) is 19.1. The molecular weight excluding hydrogens is 516 g/mol. The van der Waals surface area contributed by atoms with Gasteiger partial charge in [-0.25, -0.2) is 0 Å². The van der Waals surface area contributed by atoms with Gasteiger partial charge >= 0.3 is 0 Å². The van der Waals surface area contributed by atoms with Gasteiger partial charge in [-0.1, -0.05) is 24.3 Å².